The Kier molecular flexibility index (Phi) is 3.93. The van der Waals surface area contributed by atoms with Gasteiger partial charge in [0.05, 0.1) is 0 Å². The van der Waals surface area contributed by atoms with Crippen LogP contribution in [0.4, 0.5) is 17.6 Å². The molecule has 1 aromatic rings. The summed E-state index contributed by atoms with van der Waals surface area (Å²) >= 11 is 0. The van der Waals surface area contributed by atoms with Gasteiger partial charge in [-0.2, -0.15) is 9.97 Å². The number of nitrogens with zero attached hydrogens (tertiary/aromatic N) is 2. The largest absolute Gasteiger partial charge is 0.383 e. The van der Waals surface area contributed by atoms with Crippen LogP contribution in [0.1, 0.15) is 40.0 Å². The van der Waals surface area contributed by atoms with E-state index in [2.05, 4.69) is 36.1 Å². The monoisotopic (exact) mass is 223 g/mol. The Morgan fingerprint density at radius 2 is 1.69 bits per heavy atom. The van der Waals surface area contributed by atoms with Gasteiger partial charge in [0, 0.05) is 11.6 Å². The summed E-state index contributed by atoms with van der Waals surface area (Å²) in [4.78, 5) is 7.98. The highest BCUT2D eigenvalue weighted by Crippen LogP contribution is 2.25. The molecule has 5 heteroatoms. The molecule has 0 bridgehead atoms. The van der Waals surface area contributed by atoms with Crippen molar-refractivity contribution in [1.29, 1.82) is 0 Å². The number of nitrogens with one attached hydrogen (secondary N) is 1. The van der Waals surface area contributed by atoms with Gasteiger partial charge in [-0.05, 0) is 19.3 Å². The zero-order valence-electron chi connectivity index (χ0n) is 10.2. The summed E-state index contributed by atoms with van der Waals surface area (Å²) in [6, 6.07) is 1.71. The van der Waals surface area contributed by atoms with Crippen molar-refractivity contribution in [1.82, 2.24) is 9.97 Å². The summed E-state index contributed by atoms with van der Waals surface area (Å²) in [5.74, 6) is 1.31. The number of nitrogens with two attached hydrogens (primary N) is 2. The van der Waals surface area contributed by atoms with E-state index >= 15 is 0 Å². The van der Waals surface area contributed by atoms with Crippen LogP contribution in [-0.2, 0) is 0 Å². The van der Waals surface area contributed by atoms with Crippen LogP contribution in [0, 0.1) is 0 Å². The molecular formula is C11H21N5. The molecule has 0 amide bonds. The van der Waals surface area contributed by atoms with E-state index in [1.165, 1.54) is 0 Å². The van der Waals surface area contributed by atoms with Crippen molar-refractivity contribution in [2.45, 2.75) is 45.6 Å². The molecule has 0 aromatic carbocycles. The van der Waals surface area contributed by atoms with Gasteiger partial charge in [-0.1, -0.05) is 20.8 Å². The highest BCUT2D eigenvalue weighted by molar-refractivity contribution is 5.49. The fourth-order valence-corrected chi connectivity index (χ4v) is 1.84. The quantitative estimate of drug-likeness (QED) is 0.710. The second-order valence-electron chi connectivity index (χ2n) is 4.00. The molecular weight excluding hydrogens is 202 g/mol. The fraction of sp³-hybridized carbons (Fsp3) is 0.636. The summed E-state index contributed by atoms with van der Waals surface area (Å²) in [6.07, 6.45) is 3.09. The molecule has 5 N–H and O–H groups in total. The smallest absolute Gasteiger partial charge is 0.223 e. The second-order valence-corrected chi connectivity index (χ2v) is 4.00. The average Bonchev–Trinajstić information content (AvgIpc) is 2.25. The molecule has 0 spiro atoms. The first-order valence-electron chi connectivity index (χ1n) is 5.73. The van der Waals surface area contributed by atoms with Crippen LogP contribution in [0.25, 0.3) is 0 Å². The Balaban J connectivity index is 2.93. The van der Waals surface area contributed by atoms with Gasteiger partial charge in [0.2, 0.25) is 5.95 Å². The highest BCUT2D eigenvalue weighted by Gasteiger charge is 2.24. The van der Waals surface area contributed by atoms with Crippen LogP contribution in [0.2, 0.25) is 0 Å². The van der Waals surface area contributed by atoms with Crippen molar-refractivity contribution in [3.8, 4) is 0 Å². The van der Waals surface area contributed by atoms with Crippen molar-refractivity contribution in [2.24, 2.45) is 0 Å². The first-order chi connectivity index (χ1) is 7.55. The highest BCUT2D eigenvalue weighted by atomic mass is 15.1. The molecule has 0 aliphatic rings. The SMILES string of the molecule is CCC(CC)(CC)Nc1cc(N)nc(N)n1. The minimum absolute atomic E-state index is 0.0627. The minimum atomic E-state index is 0.0627. The van der Waals surface area contributed by atoms with E-state index in [0.717, 1.165) is 19.3 Å². The lowest BCUT2D eigenvalue weighted by molar-refractivity contribution is 0.419. The van der Waals surface area contributed by atoms with Crippen molar-refractivity contribution in [2.75, 3.05) is 16.8 Å². The molecule has 0 saturated carbocycles. The van der Waals surface area contributed by atoms with Gasteiger partial charge in [-0.25, -0.2) is 0 Å². The zero-order valence-corrected chi connectivity index (χ0v) is 10.2. The molecule has 0 radical (unpaired) electrons. The van der Waals surface area contributed by atoms with Gasteiger partial charge in [0.25, 0.3) is 0 Å². The predicted octanol–water partition coefficient (Wildman–Crippen LogP) is 2.02. The molecule has 1 rings (SSSR count). The molecule has 1 heterocycles. The molecule has 5 nitrogen and oxygen atoms in total. The van der Waals surface area contributed by atoms with E-state index in [4.69, 9.17) is 11.5 Å². The fourth-order valence-electron chi connectivity index (χ4n) is 1.84. The summed E-state index contributed by atoms with van der Waals surface area (Å²) in [7, 11) is 0. The van der Waals surface area contributed by atoms with Gasteiger partial charge in [-0.3, -0.25) is 0 Å². The molecule has 0 saturated heterocycles. The number of anilines is 3. The Hall–Kier alpha value is -1.52. The van der Waals surface area contributed by atoms with E-state index in [0.29, 0.717) is 11.6 Å². The lowest BCUT2D eigenvalue weighted by atomic mass is 9.90. The van der Waals surface area contributed by atoms with E-state index < -0.39 is 0 Å². The molecule has 0 aliphatic heterocycles. The first-order valence-corrected chi connectivity index (χ1v) is 5.73. The van der Waals surface area contributed by atoms with Gasteiger partial charge in [0.1, 0.15) is 11.6 Å². The molecule has 0 fully saturated rings. The van der Waals surface area contributed by atoms with Crippen molar-refractivity contribution < 1.29 is 0 Å². The zero-order chi connectivity index (χ0) is 12.2. The third-order valence-electron chi connectivity index (χ3n) is 3.19. The van der Waals surface area contributed by atoms with Crippen LogP contribution in [0.15, 0.2) is 6.07 Å². The number of nitrogen functional groups attached to an aromatic ring is 2. The Morgan fingerprint density at radius 1 is 1.12 bits per heavy atom. The Labute approximate surface area is 96.7 Å². The summed E-state index contributed by atoms with van der Waals surface area (Å²) in [6.45, 7) is 6.48. The normalized spacial score (nSPS) is 11.4. The lowest BCUT2D eigenvalue weighted by Crippen LogP contribution is -2.36. The molecule has 1 aromatic heterocycles. The van der Waals surface area contributed by atoms with Gasteiger partial charge in [0.15, 0.2) is 0 Å². The van der Waals surface area contributed by atoms with E-state index in [1.807, 2.05) is 0 Å². The van der Waals surface area contributed by atoms with Crippen LogP contribution in [0.5, 0.6) is 0 Å². The van der Waals surface area contributed by atoms with Crippen molar-refractivity contribution in [3.63, 3.8) is 0 Å². The number of rotatable bonds is 5. The van der Waals surface area contributed by atoms with Gasteiger partial charge in [-0.15, -0.1) is 0 Å². The number of hydrogen-bond donors (Lipinski definition) is 3. The Morgan fingerprint density at radius 3 is 2.12 bits per heavy atom. The number of aromatic nitrogens is 2. The first kappa shape index (κ1) is 12.5. The van der Waals surface area contributed by atoms with Crippen molar-refractivity contribution >= 4 is 17.6 Å². The molecule has 0 unspecified atom stereocenters. The van der Waals surface area contributed by atoms with Crippen molar-refractivity contribution in [3.05, 3.63) is 6.07 Å². The number of hydrogen-bond acceptors (Lipinski definition) is 5. The van der Waals surface area contributed by atoms with Gasteiger partial charge < -0.3 is 16.8 Å². The summed E-state index contributed by atoms with van der Waals surface area (Å²) in [5.41, 5.74) is 11.3. The lowest BCUT2D eigenvalue weighted by Gasteiger charge is -2.32. The van der Waals surface area contributed by atoms with E-state index in [-0.39, 0.29) is 11.5 Å². The van der Waals surface area contributed by atoms with Crippen LogP contribution in [0.3, 0.4) is 0 Å². The molecule has 16 heavy (non-hydrogen) atoms. The third kappa shape index (κ3) is 2.74. The maximum Gasteiger partial charge on any atom is 0.223 e. The molecule has 0 atom stereocenters. The van der Waals surface area contributed by atoms with E-state index in [1.54, 1.807) is 6.07 Å². The van der Waals surface area contributed by atoms with Crippen LogP contribution >= 0.6 is 0 Å². The molecule has 0 aliphatic carbocycles. The minimum Gasteiger partial charge on any atom is -0.383 e. The maximum absolute atomic E-state index is 5.63. The maximum atomic E-state index is 5.63. The standard InChI is InChI=1S/C11H21N5/c1-4-11(5-2,6-3)16-9-7-8(12)14-10(13)15-9/h7H,4-6H2,1-3H3,(H5,12,13,14,15,16). The topological polar surface area (TPSA) is 89.8 Å². The Bertz CT molecular complexity index is 318. The predicted molar refractivity (Wildman–Crippen MR) is 68.1 cm³/mol. The average molecular weight is 223 g/mol. The van der Waals surface area contributed by atoms with Gasteiger partial charge >= 0.3 is 0 Å². The van der Waals surface area contributed by atoms with Crippen LogP contribution < -0.4 is 16.8 Å². The summed E-state index contributed by atoms with van der Waals surface area (Å²) < 4.78 is 0. The molecule has 90 valence electrons. The third-order valence-corrected chi connectivity index (χ3v) is 3.19. The second kappa shape index (κ2) is 5.01. The summed E-state index contributed by atoms with van der Waals surface area (Å²) in [5, 5.41) is 3.41. The van der Waals surface area contributed by atoms with E-state index in [9.17, 15) is 0 Å². The van der Waals surface area contributed by atoms with Crippen LogP contribution in [-0.4, -0.2) is 15.5 Å².